The molecule has 0 bridgehead atoms. The third-order valence-corrected chi connectivity index (χ3v) is 5.83. The van der Waals surface area contributed by atoms with Crippen LogP contribution in [0.4, 0.5) is 14.5 Å². The fourth-order valence-electron chi connectivity index (χ4n) is 2.89. The van der Waals surface area contributed by atoms with Crippen LogP contribution in [0.25, 0.3) is 6.08 Å². The van der Waals surface area contributed by atoms with Gasteiger partial charge in [-0.25, -0.2) is 8.78 Å². The van der Waals surface area contributed by atoms with Gasteiger partial charge in [0.05, 0.1) is 4.91 Å². The second-order valence-corrected chi connectivity index (χ2v) is 8.43. The summed E-state index contributed by atoms with van der Waals surface area (Å²) in [5.41, 5.74) is 1.30. The minimum atomic E-state index is -0.351. The summed E-state index contributed by atoms with van der Waals surface area (Å²) in [5.74, 6) is -0.958. The van der Waals surface area contributed by atoms with Crippen LogP contribution in [0, 0.1) is 11.6 Å². The maximum Gasteiger partial charge on any atom is 0.266 e. The van der Waals surface area contributed by atoms with Crippen LogP contribution in [0.1, 0.15) is 31.2 Å². The zero-order valence-corrected chi connectivity index (χ0v) is 17.7. The quantitative estimate of drug-likeness (QED) is 0.337. The van der Waals surface area contributed by atoms with Crippen molar-refractivity contribution in [1.82, 2.24) is 4.90 Å². The van der Waals surface area contributed by atoms with Crippen LogP contribution in [0.2, 0.25) is 0 Å². The number of amides is 2. The van der Waals surface area contributed by atoms with Crippen LogP contribution in [-0.4, -0.2) is 27.6 Å². The minimum absolute atomic E-state index is 0.130. The van der Waals surface area contributed by atoms with E-state index in [2.05, 4.69) is 5.32 Å². The first-order valence-electron chi connectivity index (χ1n) is 9.49. The Morgan fingerprint density at radius 1 is 1.00 bits per heavy atom. The van der Waals surface area contributed by atoms with Crippen molar-refractivity contribution in [3.05, 3.63) is 70.6 Å². The van der Waals surface area contributed by atoms with Crippen molar-refractivity contribution < 1.29 is 18.4 Å². The number of halogens is 2. The van der Waals surface area contributed by atoms with E-state index in [0.717, 1.165) is 18.4 Å². The third kappa shape index (κ3) is 6.21. The Hall–Kier alpha value is -2.58. The Labute approximate surface area is 183 Å². The highest BCUT2D eigenvalue weighted by Crippen LogP contribution is 2.32. The first-order chi connectivity index (χ1) is 14.4. The first-order valence-corrected chi connectivity index (χ1v) is 10.7. The summed E-state index contributed by atoms with van der Waals surface area (Å²) in [6.45, 7) is 0.491. The molecular weight excluding hydrogens is 426 g/mol. The molecule has 2 aromatic rings. The van der Waals surface area contributed by atoms with Crippen molar-refractivity contribution in [2.75, 3.05) is 11.9 Å². The van der Waals surface area contributed by atoms with Crippen molar-refractivity contribution >= 4 is 51.9 Å². The van der Waals surface area contributed by atoms with Crippen LogP contribution < -0.4 is 5.32 Å². The van der Waals surface area contributed by atoms with Gasteiger partial charge < -0.3 is 5.32 Å². The topological polar surface area (TPSA) is 49.4 Å². The van der Waals surface area contributed by atoms with Gasteiger partial charge in [0.15, 0.2) is 0 Å². The molecular formula is C22H20F2N2O2S2. The number of thiocarbonyl (C=S) groups is 1. The molecule has 2 aromatic carbocycles. The largest absolute Gasteiger partial charge is 0.326 e. The SMILES string of the molecule is O=C(CCCCCN1C(=O)/C(=C/c2ccc(F)cc2)SC1=S)Nc1ccc(F)cc1. The molecule has 156 valence electrons. The van der Waals surface area contributed by atoms with Gasteiger partial charge in [-0.05, 0) is 60.9 Å². The molecule has 0 spiro atoms. The summed E-state index contributed by atoms with van der Waals surface area (Å²) < 4.78 is 26.4. The van der Waals surface area contributed by atoms with Crippen molar-refractivity contribution in [2.45, 2.75) is 25.7 Å². The van der Waals surface area contributed by atoms with Gasteiger partial charge in [-0.1, -0.05) is 42.5 Å². The molecule has 30 heavy (non-hydrogen) atoms. The average molecular weight is 447 g/mol. The van der Waals surface area contributed by atoms with Crippen LogP contribution in [-0.2, 0) is 9.59 Å². The molecule has 0 aliphatic carbocycles. The molecule has 1 heterocycles. The highest BCUT2D eigenvalue weighted by atomic mass is 32.2. The van der Waals surface area contributed by atoms with Crippen molar-refractivity contribution in [1.29, 1.82) is 0 Å². The molecule has 0 aromatic heterocycles. The monoisotopic (exact) mass is 446 g/mol. The Kier molecular flexibility index (Phi) is 7.70. The lowest BCUT2D eigenvalue weighted by Crippen LogP contribution is -2.29. The number of benzene rings is 2. The molecule has 0 unspecified atom stereocenters. The molecule has 0 radical (unpaired) electrons. The summed E-state index contributed by atoms with van der Waals surface area (Å²) in [6, 6.07) is 11.5. The lowest BCUT2D eigenvalue weighted by atomic mass is 10.1. The first kappa shape index (κ1) is 22.1. The van der Waals surface area contributed by atoms with E-state index >= 15 is 0 Å². The van der Waals surface area contributed by atoms with Gasteiger partial charge in [-0.2, -0.15) is 0 Å². The lowest BCUT2D eigenvalue weighted by Gasteiger charge is -2.14. The van der Waals surface area contributed by atoms with E-state index in [-0.39, 0.29) is 23.4 Å². The van der Waals surface area contributed by atoms with Gasteiger partial charge in [0.25, 0.3) is 5.91 Å². The van der Waals surface area contributed by atoms with E-state index in [1.165, 1.54) is 48.2 Å². The van der Waals surface area contributed by atoms with E-state index in [1.807, 2.05) is 0 Å². The molecule has 1 aliphatic rings. The zero-order valence-electron chi connectivity index (χ0n) is 16.1. The fraction of sp³-hybridized carbons (Fsp3) is 0.227. The van der Waals surface area contributed by atoms with E-state index < -0.39 is 0 Å². The standard InChI is InChI=1S/C22H20F2N2O2S2/c23-16-7-5-15(6-8-16)14-19-21(28)26(22(29)30-19)13-3-1-2-4-20(27)25-18-11-9-17(24)10-12-18/h5-12,14H,1-4,13H2,(H,25,27)/b19-14-. The normalized spacial score (nSPS) is 15.1. The van der Waals surface area contributed by atoms with E-state index in [1.54, 1.807) is 23.1 Å². The number of hydrogen-bond donors (Lipinski definition) is 1. The fourth-order valence-corrected chi connectivity index (χ4v) is 4.20. The van der Waals surface area contributed by atoms with E-state index in [4.69, 9.17) is 12.2 Å². The lowest BCUT2D eigenvalue weighted by molar-refractivity contribution is -0.122. The maximum atomic E-state index is 13.0. The molecule has 1 saturated heterocycles. The van der Waals surface area contributed by atoms with E-state index in [0.29, 0.717) is 34.3 Å². The van der Waals surface area contributed by atoms with Gasteiger partial charge in [0.2, 0.25) is 5.91 Å². The highest BCUT2D eigenvalue weighted by Gasteiger charge is 2.31. The van der Waals surface area contributed by atoms with Crippen molar-refractivity contribution in [2.24, 2.45) is 0 Å². The number of unbranched alkanes of at least 4 members (excludes halogenated alkanes) is 2. The zero-order chi connectivity index (χ0) is 21.5. The number of carbonyl (C=O) groups is 2. The summed E-state index contributed by atoms with van der Waals surface area (Å²) in [5, 5.41) is 2.72. The predicted molar refractivity (Wildman–Crippen MR) is 120 cm³/mol. The number of hydrogen-bond acceptors (Lipinski definition) is 4. The van der Waals surface area contributed by atoms with Crippen molar-refractivity contribution in [3.8, 4) is 0 Å². The van der Waals surface area contributed by atoms with Crippen LogP contribution >= 0.6 is 24.0 Å². The predicted octanol–water partition coefficient (Wildman–Crippen LogP) is 5.37. The Bertz CT molecular complexity index is 960. The molecule has 1 fully saturated rings. The Balaban J connectivity index is 1.40. The van der Waals surface area contributed by atoms with Crippen molar-refractivity contribution in [3.63, 3.8) is 0 Å². The number of thioether (sulfide) groups is 1. The molecule has 8 heteroatoms. The molecule has 4 nitrogen and oxygen atoms in total. The summed E-state index contributed by atoms with van der Waals surface area (Å²) in [4.78, 5) is 26.6. The third-order valence-electron chi connectivity index (χ3n) is 4.45. The second-order valence-electron chi connectivity index (χ2n) is 6.75. The van der Waals surface area contributed by atoms with E-state index in [9.17, 15) is 18.4 Å². The van der Waals surface area contributed by atoms with Gasteiger partial charge in [0, 0.05) is 18.7 Å². The summed E-state index contributed by atoms with van der Waals surface area (Å²) >= 11 is 6.55. The number of anilines is 1. The molecule has 0 saturated carbocycles. The van der Waals surface area contributed by atoms with Crippen LogP contribution in [0.5, 0.6) is 0 Å². The second kappa shape index (κ2) is 10.4. The molecule has 3 rings (SSSR count). The highest BCUT2D eigenvalue weighted by molar-refractivity contribution is 8.26. The summed E-state index contributed by atoms with van der Waals surface area (Å²) in [6.07, 6.45) is 4.22. The number of nitrogens with zero attached hydrogens (tertiary/aromatic N) is 1. The Morgan fingerprint density at radius 2 is 1.63 bits per heavy atom. The minimum Gasteiger partial charge on any atom is -0.326 e. The molecule has 0 atom stereocenters. The summed E-state index contributed by atoms with van der Waals surface area (Å²) in [7, 11) is 0. The van der Waals surface area contributed by atoms with Gasteiger partial charge in [-0.15, -0.1) is 0 Å². The van der Waals surface area contributed by atoms with Gasteiger partial charge in [-0.3, -0.25) is 14.5 Å². The number of nitrogens with one attached hydrogen (secondary N) is 1. The Morgan fingerprint density at radius 3 is 2.30 bits per heavy atom. The number of rotatable bonds is 8. The smallest absolute Gasteiger partial charge is 0.266 e. The molecule has 1 aliphatic heterocycles. The maximum absolute atomic E-state index is 13.0. The number of carbonyl (C=O) groups excluding carboxylic acids is 2. The van der Waals surface area contributed by atoms with Gasteiger partial charge >= 0.3 is 0 Å². The van der Waals surface area contributed by atoms with Gasteiger partial charge in [0.1, 0.15) is 16.0 Å². The van der Waals surface area contributed by atoms with Crippen LogP contribution in [0.3, 0.4) is 0 Å². The average Bonchev–Trinajstić information content (AvgIpc) is 2.98. The van der Waals surface area contributed by atoms with Crippen LogP contribution in [0.15, 0.2) is 53.4 Å². The molecule has 2 amide bonds. The molecule has 1 N–H and O–H groups in total.